The van der Waals surface area contributed by atoms with Gasteiger partial charge in [0.05, 0.1) is 11.4 Å². The molecule has 3 aromatic rings. The van der Waals surface area contributed by atoms with E-state index in [2.05, 4.69) is 16.0 Å². The first kappa shape index (κ1) is 14.7. The van der Waals surface area contributed by atoms with Gasteiger partial charge in [0.2, 0.25) is 0 Å². The van der Waals surface area contributed by atoms with E-state index >= 15 is 0 Å². The number of hydrogen-bond acceptors (Lipinski definition) is 4. The molecule has 0 atom stereocenters. The molecule has 0 saturated carbocycles. The molecule has 2 N–H and O–H groups in total. The molecule has 112 valence electrons. The van der Waals surface area contributed by atoms with Gasteiger partial charge in [0.15, 0.2) is 0 Å². The summed E-state index contributed by atoms with van der Waals surface area (Å²) >= 11 is 0. The maximum Gasteiger partial charge on any atom is 0.142 e. The van der Waals surface area contributed by atoms with E-state index < -0.39 is 0 Å². The number of nitriles is 1. The third kappa shape index (κ3) is 2.65. The van der Waals surface area contributed by atoms with Crippen LogP contribution in [0.3, 0.4) is 0 Å². The maximum absolute atomic E-state index is 9.54. The highest BCUT2D eigenvalue weighted by Gasteiger charge is 2.20. The average molecular weight is 300 g/mol. The summed E-state index contributed by atoms with van der Waals surface area (Å²) in [4.78, 5) is 8.91. The lowest BCUT2D eigenvalue weighted by atomic mass is 9.93. The summed E-state index contributed by atoms with van der Waals surface area (Å²) in [5.41, 5.74) is 10.8. The van der Waals surface area contributed by atoms with Crippen LogP contribution in [0.25, 0.3) is 22.5 Å². The van der Waals surface area contributed by atoms with Crippen molar-refractivity contribution in [3.05, 3.63) is 65.9 Å². The average Bonchev–Trinajstić information content (AvgIpc) is 2.62. The zero-order chi connectivity index (χ0) is 16.2. The monoisotopic (exact) mass is 300 g/mol. The third-order valence-electron chi connectivity index (χ3n) is 3.76. The fourth-order valence-corrected chi connectivity index (χ4v) is 2.73. The standard InChI is InChI=1S/C19H16N4/c1-2-14-17(16-10-6-7-11-22-16)15(12-20)19(21)23-18(14)13-8-4-3-5-9-13/h3-11H,2H2,1H3,(H2,21,23). The van der Waals surface area contributed by atoms with Crippen LogP contribution in [0.5, 0.6) is 0 Å². The molecule has 0 saturated heterocycles. The molecule has 0 bridgehead atoms. The Bertz CT molecular complexity index is 865. The number of nitrogen functional groups attached to an aromatic ring is 1. The van der Waals surface area contributed by atoms with Crippen LogP contribution >= 0.6 is 0 Å². The quantitative estimate of drug-likeness (QED) is 0.797. The van der Waals surface area contributed by atoms with Gasteiger partial charge in [0.1, 0.15) is 17.5 Å². The van der Waals surface area contributed by atoms with E-state index in [1.807, 2.05) is 55.5 Å². The SMILES string of the molecule is CCc1c(-c2ccccc2)nc(N)c(C#N)c1-c1ccccn1. The number of aromatic nitrogens is 2. The summed E-state index contributed by atoms with van der Waals surface area (Å²) < 4.78 is 0. The smallest absolute Gasteiger partial charge is 0.142 e. The Labute approximate surface area is 135 Å². The fourth-order valence-electron chi connectivity index (χ4n) is 2.73. The highest BCUT2D eigenvalue weighted by Crippen LogP contribution is 2.35. The Morgan fingerprint density at radius 3 is 2.43 bits per heavy atom. The van der Waals surface area contributed by atoms with Crippen molar-refractivity contribution in [1.29, 1.82) is 5.26 Å². The lowest BCUT2D eigenvalue weighted by molar-refractivity contribution is 1.10. The Balaban J connectivity index is 2.38. The van der Waals surface area contributed by atoms with Crippen molar-refractivity contribution in [2.45, 2.75) is 13.3 Å². The van der Waals surface area contributed by atoms with E-state index in [0.717, 1.165) is 34.5 Å². The molecular weight excluding hydrogens is 284 g/mol. The van der Waals surface area contributed by atoms with Crippen molar-refractivity contribution in [3.8, 4) is 28.6 Å². The molecule has 4 nitrogen and oxygen atoms in total. The minimum atomic E-state index is 0.240. The Hall–Kier alpha value is -3.19. The van der Waals surface area contributed by atoms with Gasteiger partial charge >= 0.3 is 0 Å². The van der Waals surface area contributed by atoms with Gasteiger partial charge in [-0.15, -0.1) is 0 Å². The molecule has 0 amide bonds. The van der Waals surface area contributed by atoms with Gasteiger partial charge in [-0.2, -0.15) is 5.26 Å². The zero-order valence-electron chi connectivity index (χ0n) is 12.8. The van der Waals surface area contributed by atoms with Crippen LogP contribution < -0.4 is 5.73 Å². The topological polar surface area (TPSA) is 75.6 Å². The van der Waals surface area contributed by atoms with Crippen LogP contribution in [0.4, 0.5) is 5.82 Å². The number of anilines is 1. The van der Waals surface area contributed by atoms with Crippen molar-refractivity contribution in [2.24, 2.45) is 0 Å². The first-order valence-electron chi connectivity index (χ1n) is 7.45. The van der Waals surface area contributed by atoms with E-state index in [4.69, 9.17) is 5.73 Å². The number of pyridine rings is 2. The molecule has 1 aromatic carbocycles. The molecule has 0 aliphatic carbocycles. The van der Waals surface area contributed by atoms with Crippen molar-refractivity contribution in [2.75, 3.05) is 5.73 Å². The van der Waals surface area contributed by atoms with Crippen LogP contribution in [0.1, 0.15) is 18.1 Å². The predicted molar refractivity (Wildman–Crippen MR) is 91.4 cm³/mol. The predicted octanol–water partition coefficient (Wildman–Crippen LogP) is 3.83. The third-order valence-corrected chi connectivity index (χ3v) is 3.76. The maximum atomic E-state index is 9.54. The Morgan fingerprint density at radius 2 is 1.83 bits per heavy atom. The van der Waals surface area contributed by atoms with Gasteiger partial charge in [0.25, 0.3) is 0 Å². The van der Waals surface area contributed by atoms with Gasteiger partial charge in [-0.05, 0) is 24.1 Å². The molecule has 2 heterocycles. The normalized spacial score (nSPS) is 10.3. The van der Waals surface area contributed by atoms with E-state index in [9.17, 15) is 5.26 Å². The highest BCUT2D eigenvalue weighted by atomic mass is 14.9. The van der Waals surface area contributed by atoms with Crippen molar-refractivity contribution in [3.63, 3.8) is 0 Å². The summed E-state index contributed by atoms with van der Waals surface area (Å²) in [6.07, 6.45) is 2.45. The number of rotatable bonds is 3. The van der Waals surface area contributed by atoms with E-state index in [-0.39, 0.29) is 5.82 Å². The second kappa shape index (κ2) is 6.29. The molecule has 0 fully saturated rings. The van der Waals surface area contributed by atoms with Crippen molar-refractivity contribution >= 4 is 5.82 Å². The summed E-state index contributed by atoms with van der Waals surface area (Å²) in [6.45, 7) is 2.05. The second-order valence-electron chi connectivity index (χ2n) is 5.12. The van der Waals surface area contributed by atoms with Gasteiger partial charge in [-0.25, -0.2) is 4.98 Å². The largest absolute Gasteiger partial charge is 0.383 e. The van der Waals surface area contributed by atoms with E-state index in [0.29, 0.717) is 5.56 Å². The van der Waals surface area contributed by atoms with Crippen LogP contribution in [-0.2, 0) is 6.42 Å². The second-order valence-corrected chi connectivity index (χ2v) is 5.12. The van der Waals surface area contributed by atoms with Gasteiger partial charge < -0.3 is 5.73 Å². The minimum Gasteiger partial charge on any atom is -0.383 e. The molecule has 0 aliphatic rings. The first-order chi connectivity index (χ1) is 11.3. The van der Waals surface area contributed by atoms with Crippen LogP contribution in [0.15, 0.2) is 54.7 Å². The van der Waals surface area contributed by atoms with Crippen LogP contribution in [0, 0.1) is 11.3 Å². The summed E-state index contributed by atoms with van der Waals surface area (Å²) in [5, 5.41) is 9.54. The first-order valence-corrected chi connectivity index (χ1v) is 7.45. The molecule has 23 heavy (non-hydrogen) atoms. The summed E-state index contributed by atoms with van der Waals surface area (Å²) in [7, 11) is 0. The molecule has 0 radical (unpaired) electrons. The molecule has 3 rings (SSSR count). The summed E-state index contributed by atoms with van der Waals surface area (Å²) in [6, 6.07) is 17.7. The molecule has 0 spiro atoms. The zero-order valence-corrected chi connectivity index (χ0v) is 12.8. The number of benzene rings is 1. The Morgan fingerprint density at radius 1 is 1.09 bits per heavy atom. The minimum absolute atomic E-state index is 0.240. The molecule has 0 unspecified atom stereocenters. The van der Waals surface area contributed by atoms with Crippen molar-refractivity contribution < 1.29 is 0 Å². The number of nitrogens with two attached hydrogens (primary N) is 1. The van der Waals surface area contributed by atoms with Gasteiger partial charge in [-0.1, -0.05) is 43.3 Å². The highest BCUT2D eigenvalue weighted by molar-refractivity contribution is 5.83. The lowest BCUT2D eigenvalue weighted by Crippen LogP contribution is -2.05. The molecule has 4 heteroatoms. The lowest BCUT2D eigenvalue weighted by Gasteiger charge is -2.16. The van der Waals surface area contributed by atoms with Gasteiger partial charge in [-0.3, -0.25) is 4.98 Å². The number of hydrogen-bond donors (Lipinski definition) is 1. The molecule has 2 aromatic heterocycles. The molecule has 0 aliphatic heterocycles. The van der Waals surface area contributed by atoms with E-state index in [1.165, 1.54) is 0 Å². The van der Waals surface area contributed by atoms with Crippen molar-refractivity contribution in [1.82, 2.24) is 9.97 Å². The van der Waals surface area contributed by atoms with Gasteiger partial charge in [0, 0.05) is 17.3 Å². The molecular formula is C19H16N4. The van der Waals surface area contributed by atoms with Crippen LogP contribution in [0.2, 0.25) is 0 Å². The Kier molecular flexibility index (Phi) is 4.03. The van der Waals surface area contributed by atoms with E-state index in [1.54, 1.807) is 6.20 Å². The summed E-state index contributed by atoms with van der Waals surface area (Å²) in [5.74, 6) is 0.240. The fraction of sp³-hybridized carbons (Fsp3) is 0.105. The van der Waals surface area contributed by atoms with Crippen LogP contribution in [-0.4, -0.2) is 9.97 Å². The number of nitrogens with zero attached hydrogens (tertiary/aromatic N) is 3.